The number of pyridine rings is 1. The van der Waals surface area contributed by atoms with Gasteiger partial charge in [0.05, 0.1) is 24.0 Å². The van der Waals surface area contributed by atoms with Gasteiger partial charge in [0.2, 0.25) is 0 Å². The molecule has 0 amide bonds. The van der Waals surface area contributed by atoms with Crippen molar-refractivity contribution in [2.75, 3.05) is 35.9 Å². The monoisotopic (exact) mass is 597 g/mol. The molecule has 1 unspecified atom stereocenters. The molecule has 0 aliphatic carbocycles. The Morgan fingerprint density at radius 2 is 1.93 bits per heavy atom. The number of hydrogen-bond acceptors (Lipinski definition) is 9. The summed E-state index contributed by atoms with van der Waals surface area (Å²) in [5.74, 6) is 2.32. The fourth-order valence-electron chi connectivity index (χ4n) is 5.32. The molecule has 3 atom stereocenters. The summed E-state index contributed by atoms with van der Waals surface area (Å²) in [5, 5.41) is 10.2. The second kappa shape index (κ2) is 11.5. The number of anilines is 3. The summed E-state index contributed by atoms with van der Waals surface area (Å²) in [7, 11) is -1.37. The Labute approximate surface area is 246 Å². The zero-order valence-corrected chi connectivity index (χ0v) is 25.7. The van der Waals surface area contributed by atoms with Crippen molar-refractivity contribution in [1.82, 2.24) is 24.7 Å². The summed E-state index contributed by atoms with van der Waals surface area (Å²) < 4.78 is 30.8. The molecule has 1 aliphatic heterocycles. The highest BCUT2D eigenvalue weighted by Gasteiger charge is 2.38. The number of rotatable bonds is 10. The Hall–Kier alpha value is -3.28. The SMILES string of the molecule is COC(C)Cn1cc(-c2nccc(Nc3cc4c(C(C)C)ccc(N5C[C@H](CS(C)(=O)=O)[C@H]5C)c4cn3)n2)c(Cl)n1. The lowest BCUT2D eigenvalue weighted by atomic mass is 9.88. The normalized spacial score (nSPS) is 18.1. The van der Waals surface area contributed by atoms with E-state index in [0.29, 0.717) is 47.2 Å². The van der Waals surface area contributed by atoms with Crippen LogP contribution in [0.3, 0.4) is 0 Å². The maximum Gasteiger partial charge on any atom is 0.166 e. The highest BCUT2D eigenvalue weighted by molar-refractivity contribution is 7.90. The number of aromatic nitrogens is 5. The Morgan fingerprint density at radius 3 is 2.61 bits per heavy atom. The van der Waals surface area contributed by atoms with Crippen molar-refractivity contribution in [2.24, 2.45) is 5.92 Å². The molecule has 1 fully saturated rings. The number of fused-ring (bicyclic) bond motifs is 1. The second-order valence-corrected chi connectivity index (χ2v) is 13.7. The van der Waals surface area contributed by atoms with Crippen LogP contribution in [0.2, 0.25) is 5.15 Å². The van der Waals surface area contributed by atoms with Crippen LogP contribution in [0.5, 0.6) is 0 Å². The van der Waals surface area contributed by atoms with E-state index in [1.807, 2.05) is 25.4 Å². The number of halogens is 1. The number of sulfone groups is 1. The largest absolute Gasteiger partial charge is 0.380 e. The number of benzene rings is 1. The van der Waals surface area contributed by atoms with Gasteiger partial charge in [-0.05, 0) is 48.9 Å². The van der Waals surface area contributed by atoms with E-state index in [-0.39, 0.29) is 23.8 Å². The van der Waals surface area contributed by atoms with E-state index in [2.05, 4.69) is 58.2 Å². The molecule has 0 radical (unpaired) electrons. The van der Waals surface area contributed by atoms with Gasteiger partial charge in [-0.1, -0.05) is 31.5 Å². The van der Waals surface area contributed by atoms with Crippen LogP contribution in [0.15, 0.2) is 42.9 Å². The summed E-state index contributed by atoms with van der Waals surface area (Å²) in [6.07, 6.45) is 6.67. The van der Waals surface area contributed by atoms with Crippen LogP contribution in [-0.4, -0.2) is 71.0 Å². The van der Waals surface area contributed by atoms with Crippen molar-refractivity contribution in [3.8, 4) is 11.4 Å². The highest BCUT2D eigenvalue weighted by Crippen LogP contribution is 2.39. The van der Waals surface area contributed by atoms with Gasteiger partial charge in [-0.15, -0.1) is 0 Å². The molecule has 4 aromatic rings. The van der Waals surface area contributed by atoms with Crippen LogP contribution in [0.25, 0.3) is 22.2 Å². The minimum absolute atomic E-state index is 0.0128. The van der Waals surface area contributed by atoms with Gasteiger partial charge < -0.3 is 15.0 Å². The van der Waals surface area contributed by atoms with E-state index in [1.165, 1.54) is 11.8 Å². The van der Waals surface area contributed by atoms with Crippen LogP contribution >= 0.6 is 11.6 Å². The minimum Gasteiger partial charge on any atom is -0.380 e. The topological polar surface area (TPSA) is 115 Å². The minimum atomic E-state index is -3.02. The molecule has 5 rings (SSSR count). The average molecular weight is 598 g/mol. The number of ether oxygens (including phenoxy) is 1. The van der Waals surface area contributed by atoms with E-state index in [9.17, 15) is 8.42 Å². The van der Waals surface area contributed by atoms with Gasteiger partial charge in [-0.25, -0.2) is 23.4 Å². The first-order valence-electron chi connectivity index (χ1n) is 13.7. The van der Waals surface area contributed by atoms with Gasteiger partial charge in [0.15, 0.2) is 11.0 Å². The molecule has 10 nitrogen and oxygen atoms in total. The lowest BCUT2D eigenvalue weighted by Gasteiger charge is -2.48. The molecule has 12 heteroatoms. The Morgan fingerprint density at radius 1 is 1.15 bits per heavy atom. The molecule has 218 valence electrons. The second-order valence-electron chi connectivity index (χ2n) is 11.2. The van der Waals surface area contributed by atoms with E-state index in [1.54, 1.807) is 24.1 Å². The molecule has 1 N–H and O–H groups in total. The predicted octanol–water partition coefficient (Wildman–Crippen LogP) is 5.31. The fraction of sp³-hybridized carbons (Fsp3) is 0.448. The molecule has 1 saturated heterocycles. The maximum absolute atomic E-state index is 11.9. The van der Waals surface area contributed by atoms with Crippen molar-refractivity contribution < 1.29 is 13.2 Å². The van der Waals surface area contributed by atoms with Crippen LogP contribution < -0.4 is 10.2 Å². The quantitative estimate of drug-likeness (QED) is 0.259. The van der Waals surface area contributed by atoms with Gasteiger partial charge >= 0.3 is 0 Å². The van der Waals surface area contributed by atoms with Crippen molar-refractivity contribution >= 4 is 49.5 Å². The maximum atomic E-state index is 11.9. The van der Waals surface area contributed by atoms with Gasteiger partial charge in [-0.2, -0.15) is 5.10 Å². The number of methoxy groups -OCH3 is 1. The fourth-order valence-corrected chi connectivity index (χ4v) is 6.72. The summed E-state index contributed by atoms with van der Waals surface area (Å²) in [4.78, 5) is 16.1. The van der Waals surface area contributed by atoms with Crippen LogP contribution in [0.1, 0.15) is 39.2 Å². The molecule has 4 heterocycles. The summed E-state index contributed by atoms with van der Waals surface area (Å²) in [6, 6.07) is 8.25. The summed E-state index contributed by atoms with van der Waals surface area (Å²) in [6.45, 7) is 9.66. The molecule has 1 aromatic carbocycles. The number of nitrogens with zero attached hydrogens (tertiary/aromatic N) is 6. The third-order valence-corrected chi connectivity index (χ3v) is 8.99. The average Bonchev–Trinajstić information content (AvgIpc) is 3.29. The van der Waals surface area contributed by atoms with Crippen LogP contribution in [-0.2, 0) is 21.1 Å². The lowest BCUT2D eigenvalue weighted by molar-refractivity contribution is 0.0998. The molecule has 0 saturated carbocycles. The first kappa shape index (κ1) is 29.2. The zero-order valence-electron chi connectivity index (χ0n) is 24.2. The Bertz CT molecular complexity index is 1670. The van der Waals surface area contributed by atoms with E-state index in [0.717, 1.165) is 16.5 Å². The third-order valence-electron chi connectivity index (χ3n) is 7.68. The Balaban J connectivity index is 1.42. The van der Waals surface area contributed by atoms with E-state index < -0.39 is 9.84 Å². The van der Waals surface area contributed by atoms with Gasteiger partial charge in [0, 0.05) is 61.5 Å². The number of nitrogens with one attached hydrogen (secondary N) is 1. The zero-order chi connectivity index (χ0) is 29.5. The van der Waals surface area contributed by atoms with Crippen molar-refractivity contribution in [2.45, 2.75) is 52.3 Å². The van der Waals surface area contributed by atoms with Crippen molar-refractivity contribution in [1.29, 1.82) is 0 Å². The smallest absolute Gasteiger partial charge is 0.166 e. The van der Waals surface area contributed by atoms with Gasteiger partial charge in [-0.3, -0.25) is 4.68 Å². The van der Waals surface area contributed by atoms with Crippen molar-refractivity contribution in [3.63, 3.8) is 0 Å². The molecule has 0 bridgehead atoms. The molecule has 1 aliphatic rings. The summed E-state index contributed by atoms with van der Waals surface area (Å²) >= 11 is 6.42. The molecular weight excluding hydrogens is 562 g/mol. The molecule has 0 spiro atoms. The molecule has 41 heavy (non-hydrogen) atoms. The van der Waals surface area contributed by atoms with Crippen LogP contribution in [0, 0.1) is 5.92 Å². The van der Waals surface area contributed by atoms with Gasteiger partial charge in [0.25, 0.3) is 0 Å². The Kier molecular flexibility index (Phi) is 8.22. The first-order chi connectivity index (χ1) is 19.4. The summed E-state index contributed by atoms with van der Waals surface area (Å²) in [5.41, 5.74) is 2.91. The lowest BCUT2D eigenvalue weighted by Crippen LogP contribution is -2.57. The van der Waals surface area contributed by atoms with E-state index >= 15 is 0 Å². The molecular formula is C29H36ClN7O3S. The predicted molar refractivity (Wildman–Crippen MR) is 164 cm³/mol. The standard InChI is InChI=1S/C29H36ClN7O3S/c1-17(2)21-7-8-25(37-14-20(19(37)4)16-41(6,38)39)23-12-32-27(11-22(21)23)33-26-9-10-31-29(34-26)24-15-36(35-28(24)30)13-18(3)40-5/h7-12,15,17-20H,13-14,16H2,1-6H3,(H,31,32,33,34)/t18?,19-,20-/m1/s1. The van der Waals surface area contributed by atoms with Crippen molar-refractivity contribution in [3.05, 3.63) is 53.6 Å². The first-order valence-corrected chi connectivity index (χ1v) is 16.1. The van der Waals surface area contributed by atoms with Gasteiger partial charge in [0.1, 0.15) is 21.5 Å². The molecule has 3 aromatic heterocycles. The van der Waals surface area contributed by atoms with Crippen LogP contribution in [0.4, 0.5) is 17.3 Å². The highest BCUT2D eigenvalue weighted by atomic mass is 35.5. The third kappa shape index (κ3) is 6.32. The van der Waals surface area contributed by atoms with E-state index in [4.69, 9.17) is 21.3 Å². The number of hydrogen-bond donors (Lipinski definition) is 1.